The van der Waals surface area contributed by atoms with E-state index in [2.05, 4.69) is 4.98 Å². The van der Waals surface area contributed by atoms with Crippen molar-refractivity contribution >= 4 is 5.91 Å². The molecule has 4 heteroatoms. The lowest BCUT2D eigenvalue weighted by Crippen LogP contribution is -2.34. The third-order valence-electron chi connectivity index (χ3n) is 4.45. The molecule has 3 nitrogen and oxygen atoms in total. The number of halogens is 1. The van der Waals surface area contributed by atoms with E-state index in [0.29, 0.717) is 12.5 Å². The third-order valence-corrected chi connectivity index (χ3v) is 4.45. The zero-order valence-electron chi connectivity index (χ0n) is 13.3. The number of amides is 1. The number of carbonyl (C=O) groups excluding carboxylic acids is 1. The van der Waals surface area contributed by atoms with E-state index in [0.717, 1.165) is 24.8 Å². The SMILES string of the molecule is CN(CCc1ccncc1)C(=O)C(c1ccc(F)cc1)C1CC1. The summed E-state index contributed by atoms with van der Waals surface area (Å²) in [5.41, 5.74) is 2.10. The molecule has 1 aromatic carbocycles. The monoisotopic (exact) mass is 312 g/mol. The molecular weight excluding hydrogens is 291 g/mol. The topological polar surface area (TPSA) is 33.2 Å². The summed E-state index contributed by atoms with van der Waals surface area (Å²) in [5.74, 6) is 0.129. The van der Waals surface area contributed by atoms with Gasteiger partial charge in [0.2, 0.25) is 5.91 Å². The van der Waals surface area contributed by atoms with Crippen molar-refractivity contribution < 1.29 is 9.18 Å². The summed E-state index contributed by atoms with van der Waals surface area (Å²) in [5, 5.41) is 0. The van der Waals surface area contributed by atoms with Crippen LogP contribution in [0.2, 0.25) is 0 Å². The van der Waals surface area contributed by atoms with Crippen molar-refractivity contribution in [2.45, 2.75) is 25.2 Å². The smallest absolute Gasteiger partial charge is 0.230 e. The van der Waals surface area contributed by atoms with E-state index >= 15 is 0 Å². The van der Waals surface area contributed by atoms with Crippen LogP contribution in [-0.2, 0) is 11.2 Å². The van der Waals surface area contributed by atoms with Crippen molar-refractivity contribution in [3.05, 3.63) is 65.7 Å². The largest absolute Gasteiger partial charge is 0.345 e. The van der Waals surface area contributed by atoms with Crippen LogP contribution in [0.1, 0.15) is 29.9 Å². The van der Waals surface area contributed by atoms with Crippen LogP contribution in [0.25, 0.3) is 0 Å². The van der Waals surface area contributed by atoms with E-state index in [-0.39, 0.29) is 17.6 Å². The van der Waals surface area contributed by atoms with Crippen molar-refractivity contribution in [1.29, 1.82) is 0 Å². The second kappa shape index (κ2) is 6.90. The Morgan fingerprint density at radius 2 is 1.87 bits per heavy atom. The van der Waals surface area contributed by atoms with Gasteiger partial charge in [0, 0.05) is 26.0 Å². The molecule has 2 aromatic rings. The molecule has 1 amide bonds. The van der Waals surface area contributed by atoms with E-state index in [1.165, 1.54) is 17.7 Å². The summed E-state index contributed by atoms with van der Waals surface area (Å²) in [6.07, 6.45) is 6.49. The molecule has 0 bridgehead atoms. The summed E-state index contributed by atoms with van der Waals surface area (Å²) >= 11 is 0. The average Bonchev–Trinajstić information content (AvgIpc) is 3.40. The van der Waals surface area contributed by atoms with Gasteiger partial charge in [-0.2, -0.15) is 0 Å². The first kappa shape index (κ1) is 15.7. The second-order valence-corrected chi connectivity index (χ2v) is 6.23. The molecule has 1 aliphatic rings. The van der Waals surface area contributed by atoms with Gasteiger partial charge in [-0.05, 0) is 60.6 Å². The summed E-state index contributed by atoms with van der Waals surface area (Å²) in [6, 6.07) is 10.3. The molecule has 1 unspecified atom stereocenters. The van der Waals surface area contributed by atoms with Gasteiger partial charge < -0.3 is 4.90 Å². The van der Waals surface area contributed by atoms with Gasteiger partial charge in [-0.1, -0.05) is 12.1 Å². The molecule has 1 aliphatic carbocycles. The highest BCUT2D eigenvalue weighted by Gasteiger charge is 2.38. The van der Waals surface area contributed by atoms with E-state index in [9.17, 15) is 9.18 Å². The van der Waals surface area contributed by atoms with Crippen LogP contribution >= 0.6 is 0 Å². The number of hydrogen-bond acceptors (Lipinski definition) is 2. The Labute approximate surface area is 136 Å². The fourth-order valence-electron chi connectivity index (χ4n) is 2.91. The Bertz CT molecular complexity index is 653. The molecule has 0 saturated heterocycles. The number of nitrogens with zero attached hydrogens (tertiary/aromatic N) is 2. The summed E-state index contributed by atoms with van der Waals surface area (Å²) in [7, 11) is 1.85. The number of benzene rings is 1. The fourth-order valence-corrected chi connectivity index (χ4v) is 2.91. The highest BCUT2D eigenvalue weighted by Crippen LogP contribution is 2.43. The van der Waals surface area contributed by atoms with Crippen molar-refractivity contribution in [2.75, 3.05) is 13.6 Å². The first-order chi connectivity index (χ1) is 11.1. The Hall–Kier alpha value is -2.23. The summed E-state index contributed by atoms with van der Waals surface area (Å²) in [4.78, 5) is 18.7. The van der Waals surface area contributed by atoms with Crippen molar-refractivity contribution in [3.63, 3.8) is 0 Å². The number of aromatic nitrogens is 1. The molecule has 0 spiro atoms. The molecule has 1 fully saturated rings. The molecule has 0 radical (unpaired) electrons. The molecule has 0 aliphatic heterocycles. The summed E-state index contributed by atoms with van der Waals surface area (Å²) < 4.78 is 13.1. The van der Waals surface area contributed by atoms with Crippen LogP contribution < -0.4 is 0 Å². The maximum absolute atomic E-state index is 13.1. The molecule has 0 N–H and O–H groups in total. The minimum Gasteiger partial charge on any atom is -0.345 e. The number of rotatable bonds is 6. The predicted molar refractivity (Wildman–Crippen MR) is 87.4 cm³/mol. The van der Waals surface area contributed by atoms with Gasteiger partial charge in [0.1, 0.15) is 5.82 Å². The Morgan fingerprint density at radius 1 is 1.22 bits per heavy atom. The van der Waals surface area contributed by atoms with Gasteiger partial charge >= 0.3 is 0 Å². The fraction of sp³-hybridized carbons (Fsp3) is 0.368. The second-order valence-electron chi connectivity index (χ2n) is 6.23. The van der Waals surface area contributed by atoms with Gasteiger partial charge in [-0.25, -0.2) is 4.39 Å². The third kappa shape index (κ3) is 3.95. The molecule has 3 rings (SSSR count). The van der Waals surface area contributed by atoms with Gasteiger partial charge in [-0.3, -0.25) is 9.78 Å². The van der Waals surface area contributed by atoms with Crippen molar-refractivity contribution in [2.24, 2.45) is 5.92 Å². The summed E-state index contributed by atoms with van der Waals surface area (Å²) in [6.45, 7) is 0.674. The molecule has 1 atom stereocenters. The van der Waals surface area contributed by atoms with Gasteiger partial charge in [-0.15, -0.1) is 0 Å². The van der Waals surface area contributed by atoms with Crippen LogP contribution in [0.3, 0.4) is 0 Å². The van der Waals surface area contributed by atoms with Crippen molar-refractivity contribution in [3.8, 4) is 0 Å². The molecule has 1 saturated carbocycles. The molecule has 1 heterocycles. The minimum atomic E-state index is -0.262. The number of hydrogen-bond donors (Lipinski definition) is 0. The van der Waals surface area contributed by atoms with Crippen LogP contribution in [0.5, 0.6) is 0 Å². The first-order valence-electron chi connectivity index (χ1n) is 8.04. The molecular formula is C19H21FN2O. The van der Waals surface area contributed by atoms with Gasteiger partial charge in [0.15, 0.2) is 0 Å². The first-order valence-corrected chi connectivity index (χ1v) is 8.04. The van der Waals surface area contributed by atoms with E-state index in [1.54, 1.807) is 29.4 Å². The van der Waals surface area contributed by atoms with Gasteiger partial charge in [0.25, 0.3) is 0 Å². The lowest BCUT2D eigenvalue weighted by Gasteiger charge is -2.24. The van der Waals surface area contributed by atoms with Crippen LogP contribution in [0.4, 0.5) is 4.39 Å². The standard InChI is InChI=1S/C19H21FN2O/c1-22(13-10-14-8-11-21-12-9-14)19(23)18(15-2-3-15)16-4-6-17(20)7-5-16/h4-9,11-12,15,18H,2-3,10,13H2,1H3. The lowest BCUT2D eigenvalue weighted by atomic mass is 9.92. The Kier molecular flexibility index (Phi) is 4.70. The number of likely N-dealkylation sites (N-methyl/N-ethyl adjacent to an activating group) is 1. The van der Waals surface area contributed by atoms with Crippen LogP contribution in [-0.4, -0.2) is 29.4 Å². The average molecular weight is 312 g/mol. The maximum atomic E-state index is 13.1. The molecule has 120 valence electrons. The Morgan fingerprint density at radius 3 is 2.48 bits per heavy atom. The van der Waals surface area contributed by atoms with E-state index in [1.807, 2.05) is 19.2 Å². The molecule has 23 heavy (non-hydrogen) atoms. The highest BCUT2D eigenvalue weighted by molar-refractivity contribution is 5.84. The van der Waals surface area contributed by atoms with E-state index in [4.69, 9.17) is 0 Å². The highest BCUT2D eigenvalue weighted by atomic mass is 19.1. The maximum Gasteiger partial charge on any atom is 0.230 e. The number of carbonyl (C=O) groups is 1. The van der Waals surface area contributed by atoms with E-state index < -0.39 is 0 Å². The lowest BCUT2D eigenvalue weighted by molar-refractivity contribution is -0.132. The van der Waals surface area contributed by atoms with Crippen LogP contribution in [0.15, 0.2) is 48.8 Å². The van der Waals surface area contributed by atoms with Crippen molar-refractivity contribution in [1.82, 2.24) is 9.88 Å². The Balaban J connectivity index is 1.67. The van der Waals surface area contributed by atoms with Gasteiger partial charge in [0.05, 0.1) is 5.92 Å². The minimum absolute atomic E-state index is 0.133. The van der Waals surface area contributed by atoms with Crippen LogP contribution in [0, 0.1) is 11.7 Å². The quantitative estimate of drug-likeness (QED) is 0.819. The number of pyridine rings is 1. The zero-order valence-corrected chi connectivity index (χ0v) is 13.3. The normalized spacial score (nSPS) is 15.2. The predicted octanol–water partition coefficient (Wildman–Crippen LogP) is 3.42. The zero-order chi connectivity index (χ0) is 16.2. The molecule has 1 aromatic heterocycles.